The van der Waals surface area contributed by atoms with E-state index < -0.39 is 5.97 Å². The Kier molecular flexibility index (Phi) is 4.76. The van der Waals surface area contributed by atoms with Crippen LogP contribution < -0.4 is 10.2 Å². The van der Waals surface area contributed by atoms with Crippen molar-refractivity contribution >= 4 is 11.8 Å². The fourth-order valence-corrected chi connectivity index (χ4v) is 1.85. The summed E-state index contributed by atoms with van der Waals surface area (Å²) in [6.45, 7) is 5.87. The van der Waals surface area contributed by atoms with Crippen molar-refractivity contribution in [3.05, 3.63) is 23.9 Å². The minimum Gasteiger partial charge on any atom is -0.456 e. The van der Waals surface area contributed by atoms with Crippen LogP contribution in [0.3, 0.4) is 0 Å². The van der Waals surface area contributed by atoms with Gasteiger partial charge in [0.2, 0.25) is 0 Å². The van der Waals surface area contributed by atoms with E-state index in [1.807, 2.05) is 12.1 Å². The van der Waals surface area contributed by atoms with Gasteiger partial charge in [0.05, 0.1) is 6.61 Å². The van der Waals surface area contributed by atoms with E-state index >= 15 is 0 Å². The molecule has 1 aliphatic rings. The maximum atomic E-state index is 11.2. The standard InChI is InChI=1S/C14H17N3O2/c1-2-19-14(18)7-6-12-4-3-5-13(16-12)17-10-8-15-9-11-17/h3-5,15H,2,8-11H2,1H3. The SMILES string of the molecule is CCOC(=O)C#Cc1cccc(N2CCNCC2)n1. The molecule has 1 aromatic rings. The molecule has 100 valence electrons. The Balaban J connectivity index is 2.08. The molecule has 1 N–H and O–H groups in total. The second-order valence-corrected chi connectivity index (χ2v) is 4.09. The summed E-state index contributed by atoms with van der Waals surface area (Å²) in [7, 11) is 0. The molecular formula is C14H17N3O2. The average Bonchev–Trinajstić information content (AvgIpc) is 2.47. The summed E-state index contributed by atoms with van der Waals surface area (Å²) < 4.78 is 4.75. The smallest absolute Gasteiger partial charge is 0.384 e. The van der Waals surface area contributed by atoms with Crippen LogP contribution >= 0.6 is 0 Å². The topological polar surface area (TPSA) is 54.5 Å². The van der Waals surface area contributed by atoms with Crippen LogP contribution in [-0.2, 0) is 9.53 Å². The van der Waals surface area contributed by atoms with Crippen molar-refractivity contribution in [2.75, 3.05) is 37.7 Å². The first kappa shape index (κ1) is 13.4. The van der Waals surface area contributed by atoms with Crippen molar-refractivity contribution in [3.8, 4) is 11.8 Å². The molecule has 1 aromatic heterocycles. The van der Waals surface area contributed by atoms with Crippen LogP contribution in [0.4, 0.5) is 5.82 Å². The molecular weight excluding hydrogens is 242 g/mol. The van der Waals surface area contributed by atoms with Gasteiger partial charge >= 0.3 is 5.97 Å². The van der Waals surface area contributed by atoms with Gasteiger partial charge in [-0.2, -0.15) is 0 Å². The van der Waals surface area contributed by atoms with Crippen molar-refractivity contribution in [2.24, 2.45) is 0 Å². The Hall–Kier alpha value is -2.06. The summed E-state index contributed by atoms with van der Waals surface area (Å²) in [5.41, 5.74) is 0.587. The highest BCUT2D eigenvalue weighted by molar-refractivity contribution is 5.89. The summed E-state index contributed by atoms with van der Waals surface area (Å²) in [6.07, 6.45) is 0. The molecule has 0 unspecified atom stereocenters. The van der Waals surface area contributed by atoms with Crippen LogP contribution in [0.15, 0.2) is 18.2 Å². The van der Waals surface area contributed by atoms with E-state index in [4.69, 9.17) is 4.74 Å². The molecule has 5 nitrogen and oxygen atoms in total. The van der Waals surface area contributed by atoms with Gasteiger partial charge in [0.1, 0.15) is 11.5 Å². The first-order chi connectivity index (χ1) is 9.29. The number of nitrogens with one attached hydrogen (secondary N) is 1. The third-order valence-corrected chi connectivity index (χ3v) is 2.74. The molecule has 0 spiro atoms. The Bertz CT molecular complexity index is 499. The molecule has 1 fully saturated rings. The largest absolute Gasteiger partial charge is 0.456 e. The quantitative estimate of drug-likeness (QED) is 0.615. The molecule has 0 aliphatic carbocycles. The zero-order valence-electron chi connectivity index (χ0n) is 11.0. The van der Waals surface area contributed by atoms with Gasteiger partial charge in [0.25, 0.3) is 0 Å². The molecule has 5 heteroatoms. The Morgan fingerprint density at radius 2 is 2.26 bits per heavy atom. The molecule has 0 radical (unpaired) electrons. The van der Waals surface area contributed by atoms with E-state index in [-0.39, 0.29) is 0 Å². The number of ether oxygens (including phenoxy) is 1. The lowest BCUT2D eigenvalue weighted by Crippen LogP contribution is -2.43. The molecule has 0 saturated carbocycles. The zero-order valence-corrected chi connectivity index (χ0v) is 11.0. The predicted octanol–water partition coefficient (Wildman–Crippen LogP) is 0.406. The van der Waals surface area contributed by atoms with E-state index in [0.29, 0.717) is 12.3 Å². The van der Waals surface area contributed by atoms with E-state index in [0.717, 1.165) is 32.0 Å². The van der Waals surface area contributed by atoms with Gasteiger partial charge in [-0.3, -0.25) is 0 Å². The number of carbonyl (C=O) groups excluding carboxylic acids is 1. The van der Waals surface area contributed by atoms with Crippen LogP contribution in [0, 0.1) is 11.8 Å². The fraction of sp³-hybridized carbons (Fsp3) is 0.429. The van der Waals surface area contributed by atoms with Crippen molar-refractivity contribution < 1.29 is 9.53 Å². The summed E-state index contributed by atoms with van der Waals surface area (Å²) in [6, 6.07) is 5.65. The summed E-state index contributed by atoms with van der Waals surface area (Å²) in [4.78, 5) is 17.8. The zero-order chi connectivity index (χ0) is 13.5. The second-order valence-electron chi connectivity index (χ2n) is 4.09. The van der Waals surface area contributed by atoms with Gasteiger partial charge in [0.15, 0.2) is 0 Å². The number of pyridine rings is 1. The van der Waals surface area contributed by atoms with Gasteiger partial charge in [-0.15, -0.1) is 0 Å². The van der Waals surface area contributed by atoms with E-state index in [9.17, 15) is 4.79 Å². The van der Waals surface area contributed by atoms with Gasteiger partial charge in [-0.05, 0) is 25.0 Å². The average molecular weight is 259 g/mol. The third-order valence-electron chi connectivity index (χ3n) is 2.74. The Morgan fingerprint density at radius 3 is 3.00 bits per heavy atom. The summed E-state index contributed by atoms with van der Waals surface area (Å²) in [5, 5.41) is 3.29. The van der Waals surface area contributed by atoms with Crippen LogP contribution in [-0.4, -0.2) is 43.7 Å². The summed E-state index contributed by atoms with van der Waals surface area (Å²) in [5.74, 6) is 5.54. The lowest BCUT2D eigenvalue weighted by Gasteiger charge is -2.28. The fourth-order valence-electron chi connectivity index (χ4n) is 1.85. The van der Waals surface area contributed by atoms with Crippen LogP contribution in [0.1, 0.15) is 12.6 Å². The maximum absolute atomic E-state index is 11.2. The minimum absolute atomic E-state index is 0.335. The first-order valence-corrected chi connectivity index (χ1v) is 6.41. The van der Waals surface area contributed by atoms with Gasteiger partial charge < -0.3 is 15.0 Å². The van der Waals surface area contributed by atoms with Crippen LogP contribution in [0.5, 0.6) is 0 Å². The lowest BCUT2D eigenvalue weighted by atomic mass is 10.3. The van der Waals surface area contributed by atoms with Crippen molar-refractivity contribution in [1.82, 2.24) is 10.3 Å². The maximum Gasteiger partial charge on any atom is 0.384 e. The highest BCUT2D eigenvalue weighted by Crippen LogP contribution is 2.11. The number of rotatable bonds is 2. The molecule has 19 heavy (non-hydrogen) atoms. The van der Waals surface area contributed by atoms with E-state index in [1.165, 1.54) is 0 Å². The van der Waals surface area contributed by atoms with Gasteiger partial charge in [-0.1, -0.05) is 6.07 Å². The molecule has 0 atom stereocenters. The Morgan fingerprint density at radius 1 is 1.47 bits per heavy atom. The molecule has 0 bridgehead atoms. The lowest BCUT2D eigenvalue weighted by molar-refractivity contribution is -0.136. The molecule has 0 aromatic carbocycles. The van der Waals surface area contributed by atoms with Crippen LogP contribution in [0.2, 0.25) is 0 Å². The minimum atomic E-state index is -0.517. The Labute approximate surface area is 113 Å². The third kappa shape index (κ3) is 3.97. The number of hydrogen-bond acceptors (Lipinski definition) is 5. The number of hydrogen-bond donors (Lipinski definition) is 1. The second kappa shape index (κ2) is 6.76. The molecule has 0 amide bonds. The van der Waals surface area contributed by atoms with Crippen LogP contribution in [0.25, 0.3) is 0 Å². The first-order valence-electron chi connectivity index (χ1n) is 6.41. The highest BCUT2D eigenvalue weighted by Gasteiger charge is 2.11. The molecule has 2 rings (SSSR count). The molecule has 1 aliphatic heterocycles. The summed E-state index contributed by atoms with van der Waals surface area (Å²) >= 11 is 0. The van der Waals surface area contributed by atoms with Crippen molar-refractivity contribution in [3.63, 3.8) is 0 Å². The van der Waals surface area contributed by atoms with Gasteiger partial charge in [0, 0.05) is 32.1 Å². The number of nitrogens with zero attached hydrogens (tertiary/aromatic N) is 2. The molecule has 2 heterocycles. The van der Waals surface area contributed by atoms with E-state index in [1.54, 1.807) is 13.0 Å². The normalized spacial score (nSPS) is 14.5. The number of esters is 1. The number of aromatic nitrogens is 1. The number of anilines is 1. The van der Waals surface area contributed by atoms with Crippen molar-refractivity contribution in [1.29, 1.82) is 0 Å². The van der Waals surface area contributed by atoms with Gasteiger partial charge in [-0.25, -0.2) is 9.78 Å². The predicted molar refractivity (Wildman–Crippen MR) is 72.8 cm³/mol. The van der Waals surface area contributed by atoms with Crippen molar-refractivity contribution in [2.45, 2.75) is 6.92 Å². The van der Waals surface area contributed by atoms with E-state index in [2.05, 4.69) is 27.0 Å². The monoisotopic (exact) mass is 259 g/mol. The number of carbonyl (C=O) groups is 1. The highest BCUT2D eigenvalue weighted by atomic mass is 16.5. The number of piperazine rings is 1. The molecule has 1 saturated heterocycles.